The van der Waals surface area contributed by atoms with Crippen molar-refractivity contribution in [3.8, 4) is 0 Å². The minimum Gasteiger partial charge on any atom is -0.412 e. The van der Waals surface area contributed by atoms with E-state index in [4.69, 9.17) is 0 Å². The average molecular weight is 491 g/mol. The van der Waals surface area contributed by atoms with Crippen LogP contribution in [-0.2, 0) is 22.4 Å². The number of nitrogens with zero attached hydrogens (tertiary/aromatic N) is 3. The van der Waals surface area contributed by atoms with Gasteiger partial charge in [0, 0.05) is 5.69 Å². The number of hydrogen-bond acceptors (Lipinski definition) is 4. The molecular formula is C26H39ClN4O3. The zero-order valence-corrected chi connectivity index (χ0v) is 21.6. The molecule has 188 valence electrons. The number of para-hydroxylation sites is 1. The van der Waals surface area contributed by atoms with Crippen molar-refractivity contribution in [2.24, 2.45) is 0 Å². The first kappa shape index (κ1) is 29.6. The summed E-state index contributed by atoms with van der Waals surface area (Å²) in [6.07, 6.45) is 1.74. The predicted octanol–water partition coefficient (Wildman–Crippen LogP) is 3.67. The highest BCUT2D eigenvalue weighted by Crippen LogP contribution is 2.37. The van der Waals surface area contributed by atoms with Gasteiger partial charge in [0.05, 0.1) is 24.5 Å². The molecule has 3 rings (SSSR count). The zero-order valence-electron chi connectivity index (χ0n) is 20.8. The van der Waals surface area contributed by atoms with E-state index in [1.54, 1.807) is 0 Å². The Bertz CT molecular complexity index is 945. The molecule has 1 aliphatic rings. The van der Waals surface area contributed by atoms with E-state index in [9.17, 15) is 9.59 Å². The third-order valence-electron chi connectivity index (χ3n) is 6.27. The summed E-state index contributed by atoms with van der Waals surface area (Å²) in [6, 6.07) is 14.1. The molecule has 0 bridgehead atoms. The van der Waals surface area contributed by atoms with Crippen molar-refractivity contribution < 1.29 is 15.1 Å². The lowest BCUT2D eigenvalue weighted by Crippen LogP contribution is -2.38. The van der Waals surface area contributed by atoms with Crippen LogP contribution in [0, 0.1) is 0 Å². The molecule has 0 fully saturated rings. The van der Waals surface area contributed by atoms with Gasteiger partial charge in [-0.25, -0.2) is 0 Å². The largest absolute Gasteiger partial charge is 0.412 e. The lowest BCUT2D eigenvalue weighted by atomic mass is 10.0. The number of aryl methyl sites for hydroxylation is 2. The van der Waals surface area contributed by atoms with E-state index in [1.165, 1.54) is 5.56 Å². The Hall–Kier alpha value is -2.45. The van der Waals surface area contributed by atoms with E-state index in [0.29, 0.717) is 13.1 Å². The minimum absolute atomic E-state index is 0. The monoisotopic (exact) mass is 490 g/mol. The van der Waals surface area contributed by atoms with Crippen molar-refractivity contribution in [2.75, 3.05) is 49.5 Å². The van der Waals surface area contributed by atoms with Crippen LogP contribution < -0.4 is 10.2 Å². The molecule has 8 heteroatoms. The first-order valence-electron chi connectivity index (χ1n) is 11.8. The molecule has 0 radical (unpaired) electrons. The summed E-state index contributed by atoms with van der Waals surface area (Å²) in [7, 11) is 0. The Balaban J connectivity index is 0.00000289. The molecule has 2 aromatic rings. The second kappa shape index (κ2) is 14.1. The number of anilines is 3. The average Bonchev–Trinajstić information content (AvgIpc) is 2.97. The topological polar surface area (TPSA) is 87.4 Å². The van der Waals surface area contributed by atoms with E-state index in [0.717, 1.165) is 61.6 Å². The van der Waals surface area contributed by atoms with Crippen LogP contribution in [0.2, 0.25) is 0 Å². The van der Waals surface area contributed by atoms with Gasteiger partial charge >= 0.3 is 0 Å². The molecule has 0 saturated heterocycles. The van der Waals surface area contributed by atoms with Crippen molar-refractivity contribution in [1.82, 2.24) is 9.80 Å². The van der Waals surface area contributed by atoms with Crippen LogP contribution in [0.1, 0.15) is 38.8 Å². The van der Waals surface area contributed by atoms with E-state index in [1.807, 2.05) is 41.3 Å². The number of fused-ring (bicyclic) bond motifs is 2. The third kappa shape index (κ3) is 7.03. The maximum Gasteiger partial charge on any atom is 0.245 e. The molecule has 2 amide bonds. The van der Waals surface area contributed by atoms with E-state index >= 15 is 0 Å². The molecule has 0 atom stereocenters. The first-order chi connectivity index (χ1) is 15.5. The normalized spacial score (nSPS) is 12.2. The van der Waals surface area contributed by atoms with Gasteiger partial charge in [0.1, 0.15) is 0 Å². The Labute approximate surface area is 209 Å². The van der Waals surface area contributed by atoms with Crippen molar-refractivity contribution in [3.05, 3.63) is 53.6 Å². The number of nitrogens with one attached hydrogen (secondary N) is 1. The Morgan fingerprint density at radius 3 is 2.00 bits per heavy atom. The molecule has 34 heavy (non-hydrogen) atoms. The van der Waals surface area contributed by atoms with Crippen LogP contribution in [-0.4, -0.2) is 66.4 Å². The Morgan fingerprint density at radius 2 is 1.38 bits per heavy atom. The van der Waals surface area contributed by atoms with Gasteiger partial charge in [-0.15, -0.1) is 12.4 Å². The number of halogens is 1. The molecule has 3 N–H and O–H groups in total. The van der Waals surface area contributed by atoms with Gasteiger partial charge in [-0.05, 0) is 68.3 Å². The van der Waals surface area contributed by atoms with Gasteiger partial charge in [-0.2, -0.15) is 0 Å². The van der Waals surface area contributed by atoms with Crippen molar-refractivity contribution in [2.45, 2.75) is 40.5 Å². The van der Waals surface area contributed by atoms with E-state index in [-0.39, 0.29) is 29.7 Å². The zero-order chi connectivity index (χ0) is 23.1. The van der Waals surface area contributed by atoms with Gasteiger partial charge in [0.2, 0.25) is 11.8 Å². The second-order valence-electron chi connectivity index (χ2n) is 8.17. The Morgan fingerprint density at radius 1 is 0.824 bits per heavy atom. The molecule has 2 aromatic carbocycles. The molecular weight excluding hydrogens is 452 g/mol. The molecule has 0 saturated carbocycles. The third-order valence-corrected chi connectivity index (χ3v) is 6.27. The molecule has 0 aliphatic carbocycles. The van der Waals surface area contributed by atoms with Gasteiger partial charge in [0.25, 0.3) is 0 Å². The van der Waals surface area contributed by atoms with E-state index in [2.05, 4.69) is 48.9 Å². The molecule has 0 unspecified atom stereocenters. The molecule has 1 heterocycles. The number of amides is 2. The molecule has 0 aromatic heterocycles. The molecule has 7 nitrogen and oxygen atoms in total. The van der Waals surface area contributed by atoms with Gasteiger partial charge < -0.3 is 10.8 Å². The standard InChI is InChI=1S/C26H36N4O2.ClH.H2O/c1-5-28(6-2)18-25(31)27-22-16-15-21-14-13-20-11-9-10-12-23(20)30(24(21)17-22)26(32)19-29(7-3)8-4;;/h9-12,15-17H,5-8,13-14,18-19H2,1-4H3,(H,27,31);1H;1H2. The Kier molecular flexibility index (Phi) is 12.2. The fourth-order valence-electron chi connectivity index (χ4n) is 4.23. The van der Waals surface area contributed by atoms with Crippen molar-refractivity contribution in [1.29, 1.82) is 0 Å². The number of hydrogen-bond donors (Lipinski definition) is 1. The summed E-state index contributed by atoms with van der Waals surface area (Å²) < 4.78 is 0. The SMILES string of the molecule is CCN(CC)CC(=O)Nc1ccc2c(c1)N(C(=O)CN(CC)CC)c1ccccc1CC2.Cl.O. The number of benzene rings is 2. The van der Waals surface area contributed by atoms with Crippen LogP contribution in [0.5, 0.6) is 0 Å². The number of carbonyl (C=O) groups excluding carboxylic acids is 2. The summed E-state index contributed by atoms with van der Waals surface area (Å²) in [5, 5.41) is 3.03. The fraction of sp³-hybridized carbons (Fsp3) is 0.462. The van der Waals surface area contributed by atoms with Crippen LogP contribution in [0.4, 0.5) is 17.1 Å². The highest BCUT2D eigenvalue weighted by Gasteiger charge is 2.27. The summed E-state index contributed by atoms with van der Waals surface area (Å²) in [4.78, 5) is 32.2. The smallest absolute Gasteiger partial charge is 0.245 e. The highest BCUT2D eigenvalue weighted by atomic mass is 35.5. The van der Waals surface area contributed by atoms with Crippen LogP contribution in [0.3, 0.4) is 0 Å². The van der Waals surface area contributed by atoms with Gasteiger partial charge in [-0.3, -0.25) is 24.3 Å². The van der Waals surface area contributed by atoms with Crippen molar-refractivity contribution >= 4 is 41.3 Å². The number of likely N-dealkylation sites (N-methyl/N-ethyl adjacent to an activating group) is 2. The second-order valence-corrected chi connectivity index (χ2v) is 8.17. The van der Waals surface area contributed by atoms with Crippen molar-refractivity contribution in [3.63, 3.8) is 0 Å². The lowest BCUT2D eigenvalue weighted by Gasteiger charge is -2.28. The quantitative estimate of drug-likeness (QED) is 0.581. The minimum atomic E-state index is -0.0383. The molecule has 0 spiro atoms. The maximum absolute atomic E-state index is 13.6. The number of carbonyl (C=O) groups is 2. The fourth-order valence-corrected chi connectivity index (χ4v) is 4.23. The van der Waals surface area contributed by atoms with Crippen LogP contribution >= 0.6 is 12.4 Å². The van der Waals surface area contributed by atoms with E-state index < -0.39 is 0 Å². The first-order valence-corrected chi connectivity index (χ1v) is 11.8. The van der Waals surface area contributed by atoms with Crippen LogP contribution in [0.15, 0.2) is 42.5 Å². The predicted molar refractivity (Wildman–Crippen MR) is 143 cm³/mol. The van der Waals surface area contributed by atoms with Gasteiger partial charge in [0.15, 0.2) is 0 Å². The highest BCUT2D eigenvalue weighted by molar-refractivity contribution is 6.04. The summed E-state index contributed by atoms with van der Waals surface area (Å²) in [5.41, 5.74) is 4.82. The summed E-state index contributed by atoms with van der Waals surface area (Å²) in [5.74, 6) is 0.0135. The van der Waals surface area contributed by atoms with Crippen LogP contribution in [0.25, 0.3) is 0 Å². The lowest BCUT2D eigenvalue weighted by molar-refractivity contribution is -0.119. The number of rotatable bonds is 9. The summed E-state index contributed by atoms with van der Waals surface area (Å²) >= 11 is 0. The van der Waals surface area contributed by atoms with Gasteiger partial charge in [-0.1, -0.05) is 52.0 Å². The summed E-state index contributed by atoms with van der Waals surface area (Å²) in [6.45, 7) is 12.3. The molecule has 1 aliphatic heterocycles. The maximum atomic E-state index is 13.6.